The van der Waals surface area contributed by atoms with Gasteiger partial charge in [0.15, 0.2) is 0 Å². The molecule has 152 valence electrons. The van der Waals surface area contributed by atoms with E-state index in [0.29, 0.717) is 31.7 Å². The summed E-state index contributed by atoms with van der Waals surface area (Å²) in [5, 5.41) is 5.16. The van der Waals surface area contributed by atoms with Crippen LogP contribution in [0.4, 0.5) is 0 Å². The van der Waals surface area contributed by atoms with Crippen LogP contribution in [0.15, 0.2) is 54.6 Å². The Kier molecular flexibility index (Phi) is 6.00. The number of benzene rings is 2. The summed E-state index contributed by atoms with van der Waals surface area (Å²) in [5.74, 6) is -0.119. The Morgan fingerprint density at radius 3 is 2.72 bits per heavy atom. The van der Waals surface area contributed by atoms with E-state index in [-0.39, 0.29) is 5.97 Å². The molecule has 1 heterocycles. The maximum Gasteiger partial charge on any atom is 0.307 e. The molecule has 1 aliphatic carbocycles. The number of carbonyl (C=O) groups excluding carboxylic acids is 1. The third kappa shape index (κ3) is 4.23. The lowest BCUT2D eigenvalue weighted by Crippen LogP contribution is -2.36. The van der Waals surface area contributed by atoms with Crippen molar-refractivity contribution in [3.63, 3.8) is 0 Å². The molecular formula is C25H30N2O2. The van der Waals surface area contributed by atoms with E-state index in [4.69, 9.17) is 4.74 Å². The van der Waals surface area contributed by atoms with Crippen LogP contribution in [0.5, 0.6) is 0 Å². The van der Waals surface area contributed by atoms with Crippen molar-refractivity contribution < 1.29 is 9.53 Å². The summed E-state index contributed by atoms with van der Waals surface area (Å²) >= 11 is 0. The Morgan fingerprint density at radius 2 is 1.93 bits per heavy atom. The molecular weight excluding hydrogens is 360 g/mol. The van der Waals surface area contributed by atoms with Gasteiger partial charge in [-0.15, -0.1) is 0 Å². The number of nitrogens with zero attached hydrogens (tertiary/aromatic N) is 1. The summed E-state index contributed by atoms with van der Waals surface area (Å²) in [6, 6.07) is 20.0. The molecule has 0 saturated heterocycles. The first kappa shape index (κ1) is 19.7. The molecule has 1 aliphatic rings. The summed E-state index contributed by atoms with van der Waals surface area (Å²) < 4.78 is 7.48. The molecule has 0 saturated carbocycles. The molecule has 4 rings (SSSR count). The van der Waals surface area contributed by atoms with Crippen LogP contribution < -0.4 is 5.32 Å². The van der Waals surface area contributed by atoms with Crippen molar-refractivity contribution in [2.24, 2.45) is 0 Å². The summed E-state index contributed by atoms with van der Waals surface area (Å²) in [6.45, 7) is 5.23. The zero-order valence-electron chi connectivity index (χ0n) is 17.4. The standard InChI is InChI=1S/C25H30N2O2/c1-3-29-25(28)15-16-27-23-12-8-7-11-21(23)22-17-20(13-14-24(22)27)26-18(2)19-9-5-4-6-10-19/h4-12,18,20,26H,3,13-17H2,1-2H3/t18-,20+/m0/s1. The van der Waals surface area contributed by atoms with Gasteiger partial charge in [0.25, 0.3) is 0 Å². The van der Waals surface area contributed by atoms with Gasteiger partial charge in [0.05, 0.1) is 13.0 Å². The van der Waals surface area contributed by atoms with Gasteiger partial charge in [-0.05, 0) is 50.3 Å². The van der Waals surface area contributed by atoms with E-state index in [1.165, 1.54) is 27.7 Å². The Balaban J connectivity index is 1.55. The van der Waals surface area contributed by atoms with Crippen molar-refractivity contribution >= 4 is 16.9 Å². The summed E-state index contributed by atoms with van der Waals surface area (Å²) in [7, 11) is 0. The molecule has 0 bridgehead atoms. The van der Waals surface area contributed by atoms with Crippen LogP contribution in [0.2, 0.25) is 0 Å². The Morgan fingerprint density at radius 1 is 1.17 bits per heavy atom. The number of esters is 1. The fourth-order valence-electron chi connectivity index (χ4n) is 4.63. The van der Waals surface area contributed by atoms with Crippen molar-refractivity contribution in [2.45, 2.75) is 58.2 Å². The Labute approximate surface area is 172 Å². The molecule has 4 nitrogen and oxygen atoms in total. The third-order valence-electron chi connectivity index (χ3n) is 6.00. The minimum Gasteiger partial charge on any atom is -0.466 e. The van der Waals surface area contributed by atoms with E-state index in [9.17, 15) is 4.79 Å². The fourth-order valence-corrected chi connectivity index (χ4v) is 4.63. The largest absolute Gasteiger partial charge is 0.466 e. The number of fused-ring (bicyclic) bond motifs is 3. The first-order valence-electron chi connectivity index (χ1n) is 10.7. The van der Waals surface area contributed by atoms with Gasteiger partial charge in [0.1, 0.15) is 0 Å². The van der Waals surface area contributed by atoms with Crippen molar-refractivity contribution in [1.82, 2.24) is 9.88 Å². The zero-order chi connectivity index (χ0) is 20.2. The van der Waals surface area contributed by atoms with Gasteiger partial charge in [-0.25, -0.2) is 0 Å². The van der Waals surface area contributed by atoms with E-state index in [1.807, 2.05) is 6.92 Å². The molecule has 0 radical (unpaired) electrons. The summed E-state index contributed by atoms with van der Waals surface area (Å²) in [4.78, 5) is 11.9. The van der Waals surface area contributed by atoms with Crippen molar-refractivity contribution in [2.75, 3.05) is 6.61 Å². The van der Waals surface area contributed by atoms with Gasteiger partial charge in [-0.3, -0.25) is 4.79 Å². The van der Waals surface area contributed by atoms with E-state index in [2.05, 4.69) is 71.4 Å². The van der Waals surface area contributed by atoms with Gasteiger partial charge < -0.3 is 14.6 Å². The highest BCUT2D eigenvalue weighted by atomic mass is 16.5. The number of aryl methyl sites for hydroxylation is 1. The zero-order valence-corrected chi connectivity index (χ0v) is 17.4. The molecule has 4 heteroatoms. The van der Waals surface area contributed by atoms with Crippen LogP contribution in [0, 0.1) is 0 Å². The lowest BCUT2D eigenvalue weighted by atomic mass is 9.90. The Hall–Kier alpha value is -2.59. The number of ether oxygens (including phenoxy) is 1. The monoisotopic (exact) mass is 390 g/mol. The molecule has 29 heavy (non-hydrogen) atoms. The van der Waals surface area contributed by atoms with E-state index in [1.54, 1.807) is 0 Å². The normalized spacial score (nSPS) is 17.1. The molecule has 3 aromatic rings. The maximum atomic E-state index is 11.9. The maximum absolute atomic E-state index is 11.9. The number of carbonyl (C=O) groups is 1. The number of hydrogen-bond donors (Lipinski definition) is 1. The molecule has 2 aromatic carbocycles. The molecule has 1 aromatic heterocycles. The second-order valence-corrected chi connectivity index (χ2v) is 7.89. The van der Waals surface area contributed by atoms with Crippen LogP contribution in [-0.2, 0) is 28.9 Å². The lowest BCUT2D eigenvalue weighted by molar-refractivity contribution is -0.143. The summed E-state index contributed by atoms with van der Waals surface area (Å²) in [5.41, 5.74) is 5.39. The minimum atomic E-state index is -0.119. The predicted molar refractivity (Wildman–Crippen MR) is 117 cm³/mol. The number of hydrogen-bond acceptors (Lipinski definition) is 3. The smallest absolute Gasteiger partial charge is 0.307 e. The minimum absolute atomic E-state index is 0.119. The van der Waals surface area contributed by atoms with Crippen molar-refractivity contribution in [1.29, 1.82) is 0 Å². The van der Waals surface area contributed by atoms with Gasteiger partial charge in [-0.1, -0.05) is 48.5 Å². The van der Waals surface area contributed by atoms with Gasteiger partial charge >= 0.3 is 5.97 Å². The van der Waals surface area contributed by atoms with E-state index < -0.39 is 0 Å². The molecule has 0 amide bonds. The molecule has 2 atom stereocenters. The third-order valence-corrected chi connectivity index (χ3v) is 6.00. The van der Waals surface area contributed by atoms with Crippen LogP contribution >= 0.6 is 0 Å². The molecule has 0 aliphatic heterocycles. The molecule has 0 fully saturated rings. The van der Waals surface area contributed by atoms with Gasteiger partial charge in [-0.2, -0.15) is 0 Å². The number of nitrogens with one attached hydrogen (secondary N) is 1. The van der Waals surface area contributed by atoms with Gasteiger partial charge in [0.2, 0.25) is 0 Å². The number of rotatable bonds is 7. The summed E-state index contributed by atoms with van der Waals surface area (Å²) in [6.07, 6.45) is 3.59. The number of para-hydroxylation sites is 1. The first-order valence-corrected chi connectivity index (χ1v) is 10.7. The van der Waals surface area contributed by atoms with E-state index >= 15 is 0 Å². The van der Waals surface area contributed by atoms with Crippen molar-refractivity contribution in [3.05, 3.63) is 71.4 Å². The SMILES string of the molecule is CCOC(=O)CCn1c2c(c3ccccc31)C[C@H](N[C@@H](C)c1ccccc1)CC2. The quantitative estimate of drug-likeness (QED) is 0.589. The lowest BCUT2D eigenvalue weighted by Gasteiger charge is -2.28. The van der Waals surface area contributed by atoms with Crippen LogP contribution in [0.25, 0.3) is 10.9 Å². The van der Waals surface area contributed by atoms with E-state index in [0.717, 1.165) is 19.3 Å². The average molecular weight is 391 g/mol. The second kappa shape index (κ2) is 8.83. The topological polar surface area (TPSA) is 43.3 Å². The first-order chi connectivity index (χ1) is 14.2. The Bertz CT molecular complexity index is 977. The predicted octanol–water partition coefficient (Wildman–Crippen LogP) is 4.80. The molecule has 1 N–H and O–H groups in total. The second-order valence-electron chi connectivity index (χ2n) is 7.89. The average Bonchev–Trinajstić information content (AvgIpc) is 3.06. The highest BCUT2D eigenvalue weighted by Crippen LogP contribution is 2.33. The molecule has 0 spiro atoms. The fraction of sp³-hybridized carbons (Fsp3) is 0.400. The van der Waals surface area contributed by atoms with Crippen molar-refractivity contribution in [3.8, 4) is 0 Å². The van der Waals surface area contributed by atoms with Gasteiger partial charge in [0, 0.05) is 35.2 Å². The molecule has 0 unspecified atom stereocenters. The number of aromatic nitrogens is 1. The van der Waals surface area contributed by atoms with Crippen LogP contribution in [0.1, 0.15) is 49.6 Å². The van der Waals surface area contributed by atoms with Crippen LogP contribution in [-0.4, -0.2) is 23.2 Å². The highest BCUT2D eigenvalue weighted by Gasteiger charge is 2.26. The highest BCUT2D eigenvalue weighted by molar-refractivity contribution is 5.86. The van der Waals surface area contributed by atoms with Crippen LogP contribution in [0.3, 0.4) is 0 Å².